The number of amides is 2. The number of carbonyl (C=O) groups is 3. The van der Waals surface area contributed by atoms with E-state index in [2.05, 4.69) is 27.4 Å². The third kappa shape index (κ3) is 7.54. The topological polar surface area (TPSA) is 115 Å². The van der Waals surface area contributed by atoms with Gasteiger partial charge in [-0.05, 0) is 43.7 Å². The molecular formula is C26H29N5O4S. The van der Waals surface area contributed by atoms with Gasteiger partial charge in [0.15, 0.2) is 11.0 Å². The largest absolute Gasteiger partial charge is 0.462 e. The van der Waals surface area contributed by atoms with Gasteiger partial charge in [-0.1, -0.05) is 48.5 Å². The average Bonchev–Trinajstić information content (AvgIpc) is 3.26. The fourth-order valence-corrected chi connectivity index (χ4v) is 3.93. The molecule has 0 aliphatic carbocycles. The van der Waals surface area contributed by atoms with Gasteiger partial charge in [-0.2, -0.15) is 0 Å². The summed E-state index contributed by atoms with van der Waals surface area (Å²) in [5, 5.41) is 14.5. The highest BCUT2D eigenvalue weighted by atomic mass is 32.2. The Morgan fingerprint density at radius 2 is 1.89 bits per heavy atom. The maximum absolute atomic E-state index is 12.5. The molecule has 0 atom stereocenters. The predicted molar refractivity (Wildman–Crippen MR) is 139 cm³/mol. The third-order valence-electron chi connectivity index (χ3n) is 4.98. The van der Waals surface area contributed by atoms with E-state index in [4.69, 9.17) is 4.74 Å². The van der Waals surface area contributed by atoms with E-state index in [0.29, 0.717) is 40.9 Å². The first kappa shape index (κ1) is 26.7. The number of esters is 1. The summed E-state index contributed by atoms with van der Waals surface area (Å²) in [7, 11) is 0. The lowest BCUT2D eigenvalue weighted by Gasteiger charge is -2.10. The molecule has 9 nitrogen and oxygen atoms in total. The van der Waals surface area contributed by atoms with E-state index in [1.165, 1.54) is 11.8 Å². The summed E-state index contributed by atoms with van der Waals surface area (Å²) in [6, 6.07) is 13.9. The number of aryl methyl sites for hydroxylation is 1. The molecule has 1 heterocycles. The molecule has 0 saturated carbocycles. The molecule has 0 fully saturated rings. The lowest BCUT2D eigenvalue weighted by atomic mass is 10.1. The van der Waals surface area contributed by atoms with E-state index in [1.807, 2.05) is 26.0 Å². The number of allylic oxidation sites excluding steroid dienone is 1. The van der Waals surface area contributed by atoms with Crippen molar-refractivity contribution in [3.05, 3.63) is 83.7 Å². The van der Waals surface area contributed by atoms with Gasteiger partial charge in [-0.3, -0.25) is 9.59 Å². The van der Waals surface area contributed by atoms with Crippen LogP contribution in [0.2, 0.25) is 0 Å². The molecule has 188 valence electrons. The Bertz CT molecular complexity index is 1220. The number of ether oxygens (including phenoxy) is 1. The van der Waals surface area contributed by atoms with Crippen LogP contribution in [0.1, 0.15) is 45.4 Å². The second-order valence-corrected chi connectivity index (χ2v) is 8.84. The molecule has 2 amide bonds. The number of thioether (sulfide) groups is 1. The van der Waals surface area contributed by atoms with Gasteiger partial charge in [0.2, 0.25) is 5.91 Å². The van der Waals surface area contributed by atoms with Gasteiger partial charge < -0.3 is 19.9 Å². The molecule has 10 heteroatoms. The number of nitrogens with one attached hydrogen (secondary N) is 2. The molecule has 1 aromatic heterocycles. The summed E-state index contributed by atoms with van der Waals surface area (Å²) in [6.45, 7) is 8.60. The van der Waals surface area contributed by atoms with Crippen molar-refractivity contribution < 1.29 is 19.1 Å². The molecule has 0 radical (unpaired) electrons. The maximum atomic E-state index is 12.5. The van der Waals surface area contributed by atoms with Crippen molar-refractivity contribution in [3.8, 4) is 0 Å². The number of rotatable bonds is 12. The Labute approximate surface area is 214 Å². The Morgan fingerprint density at radius 1 is 1.11 bits per heavy atom. The van der Waals surface area contributed by atoms with Gasteiger partial charge >= 0.3 is 5.97 Å². The zero-order valence-corrected chi connectivity index (χ0v) is 21.1. The zero-order chi connectivity index (χ0) is 25.9. The maximum Gasteiger partial charge on any atom is 0.338 e. The van der Waals surface area contributed by atoms with Crippen molar-refractivity contribution in [2.24, 2.45) is 0 Å². The van der Waals surface area contributed by atoms with E-state index < -0.39 is 5.97 Å². The van der Waals surface area contributed by atoms with E-state index >= 15 is 0 Å². The minimum Gasteiger partial charge on any atom is -0.462 e. The van der Waals surface area contributed by atoms with Gasteiger partial charge in [0.05, 0.1) is 24.5 Å². The Morgan fingerprint density at radius 3 is 2.61 bits per heavy atom. The van der Waals surface area contributed by atoms with Gasteiger partial charge in [-0.15, -0.1) is 16.8 Å². The van der Waals surface area contributed by atoms with Crippen LogP contribution in [0.5, 0.6) is 0 Å². The van der Waals surface area contributed by atoms with Crippen LogP contribution in [0.3, 0.4) is 0 Å². The van der Waals surface area contributed by atoms with E-state index in [-0.39, 0.29) is 24.1 Å². The molecule has 0 bridgehead atoms. The van der Waals surface area contributed by atoms with Crippen molar-refractivity contribution in [2.45, 2.75) is 38.5 Å². The van der Waals surface area contributed by atoms with Crippen LogP contribution < -0.4 is 10.6 Å². The molecule has 0 spiro atoms. The highest BCUT2D eigenvalue weighted by Gasteiger charge is 2.15. The zero-order valence-electron chi connectivity index (χ0n) is 20.3. The van der Waals surface area contributed by atoms with E-state index in [0.717, 1.165) is 12.0 Å². The molecule has 2 aromatic carbocycles. The van der Waals surface area contributed by atoms with Gasteiger partial charge in [-0.25, -0.2) is 4.79 Å². The minimum atomic E-state index is -0.429. The fourth-order valence-electron chi connectivity index (χ4n) is 3.16. The number of aromatic nitrogens is 3. The first-order valence-electron chi connectivity index (χ1n) is 11.5. The van der Waals surface area contributed by atoms with Crippen LogP contribution >= 0.6 is 11.8 Å². The van der Waals surface area contributed by atoms with E-state index in [1.54, 1.807) is 47.0 Å². The molecule has 36 heavy (non-hydrogen) atoms. The molecule has 0 aliphatic rings. The fraction of sp³-hybridized carbons (Fsp3) is 0.269. The van der Waals surface area contributed by atoms with Crippen LogP contribution in [0, 0.1) is 6.92 Å². The average molecular weight is 508 g/mol. The number of benzene rings is 2. The Balaban J connectivity index is 1.58. The summed E-state index contributed by atoms with van der Waals surface area (Å²) in [6.07, 6.45) is 2.43. The van der Waals surface area contributed by atoms with Gasteiger partial charge in [0.1, 0.15) is 0 Å². The van der Waals surface area contributed by atoms with Crippen molar-refractivity contribution in [2.75, 3.05) is 17.7 Å². The first-order valence-corrected chi connectivity index (χ1v) is 12.5. The number of hydrogen-bond acceptors (Lipinski definition) is 7. The lowest BCUT2D eigenvalue weighted by Crippen LogP contribution is -2.24. The number of anilines is 1. The molecule has 3 rings (SSSR count). The lowest BCUT2D eigenvalue weighted by molar-refractivity contribution is -0.113. The second kappa shape index (κ2) is 13.2. The summed E-state index contributed by atoms with van der Waals surface area (Å²) in [5.74, 6) is -0.271. The van der Waals surface area contributed by atoms with Gasteiger partial charge in [0, 0.05) is 17.8 Å². The quantitative estimate of drug-likeness (QED) is 0.216. The molecule has 0 unspecified atom stereocenters. The normalized spacial score (nSPS) is 10.5. The van der Waals surface area contributed by atoms with Crippen molar-refractivity contribution >= 4 is 35.2 Å². The number of hydrogen-bond donors (Lipinski definition) is 2. The van der Waals surface area contributed by atoms with Crippen LogP contribution in [0.25, 0.3) is 0 Å². The minimum absolute atomic E-state index is 0.0789. The number of nitrogens with zero attached hydrogens (tertiary/aromatic N) is 3. The summed E-state index contributed by atoms with van der Waals surface area (Å²) in [5.41, 5.74) is 2.50. The van der Waals surface area contributed by atoms with Crippen LogP contribution in [-0.4, -0.2) is 44.9 Å². The van der Waals surface area contributed by atoms with Crippen LogP contribution in [0.15, 0.2) is 66.3 Å². The molecular weight excluding hydrogens is 478 g/mol. The SMILES string of the molecule is C=CCn1c(CNC(=O)c2ccc(C)cc2)nnc1SCC(=O)Nc1cccc(C(=O)OCCC)c1. The predicted octanol–water partition coefficient (Wildman–Crippen LogP) is 4.00. The Kier molecular flexibility index (Phi) is 9.82. The molecule has 3 aromatic rings. The summed E-state index contributed by atoms with van der Waals surface area (Å²) < 4.78 is 6.93. The van der Waals surface area contributed by atoms with Crippen LogP contribution in [0.4, 0.5) is 5.69 Å². The van der Waals surface area contributed by atoms with Crippen molar-refractivity contribution in [3.63, 3.8) is 0 Å². The Hall–Kier alpha value is -3.92. The van der Waals surface area contributed by atoms with E-state index in [9.17, 15) is 14.4 Å². The second-order valence-electron chi connectivity index (χ2n) is 7.90. The van der Waals surface area contributed by atoms with Crippen LogP contribution in [-0.2, 0) is 22.6 Å². The molecule has 0 saturated heterocycles. The monoisotopic (exact) mass is 507 g/mol. The standard InChI is InChI=1S/C26H29N5O4S/c1-4-13-31-22(16-27-24(33)19-11-9-18(3)10-12-19)29-30-26(31)36-17-23(32)28-21-8-6-7-20(15-21)25(34)35-14-5-2/h4,6-12,15H,1,5,13-14,16-17H2,2-3H3,(H,27,33)(H,28,32). The number of carbonyl (C=O) groups excluding carboxylic acids is 3. The third-order valence-corrected chi connectivity index (χ3v) is 5.94. The van der Waals surface area contributed by atoms with Crippen molar-refractivity contribution in [1.82, 2.24) is 20.1 Å². The summed E-state index contributed by atoms with van der Waals surface area (Å²) in [4.78, 5) is 37.0. The highest BCUT2D eigenvalue weighted by Crippen LogP contribution is 2.19. The molecule has 2 N–H and O–H groups in total. The first-order chi connectivity index (χ1) is 17.4. The van der Waals surface area contributed by atoms with Gasteiger partial charge in [0.25, 0.3) is 5.91 Å². The molecule has 0 aliphatic heterocycles. The highest BCUT2D eigenvalue weighted by molar-refractivity contribution is 7.99. The summed E-state index contributed by atoms with van der Waals surface area (Å²) >= 11 is 1.21. The van der Waals surface area contributed by atoms with Crippen molar-refractivity contribution in [1.29, 1.82) is 0 Å². The smallest absolute Gasteiger partial charge is 0.338 e.